The quantitative estimate of drug-likeness (QED) is 0.343. The van der Waals surface area contributed by atoms with Crippen molar-refractivity contribution in [1.29, 1.82) is 0 Å². The van der Waals surface area contributed by atoms with E-state index < -0.39 is 0 Å². The van der Waals surface area contributed by atoms with Crippen LogP contribution in [-0.4, -0.2) is 18.5 Å². The van der Waals surface area contributed by atoms with Gasteiger partial charge in [0.2, 0.25) is 0 Å². The summed E-state index contributed by atoms with van der Waals surface area (Å²) >= 11 is 0. The van der Waals surface area contributed by atoms with E-state index in [4.69, 9.17) is 9.47 Å². The summed E-state index contributed by atoms with van der Waals surface area (Å²) in [6.45, 7) is 2.91. The summed E-state index contributed by atoms with van der Waals surface area (Å²) in [5.41, 5.74) is 0.938. The summed E-state index contributed by atoms with van der Waals surface area (Å²) in [4.78, 5) is 23.2. The average molecular weight is 348 g/mol. The first-order chi connectivity index (χ1) is 12.2. The smallest absolute Gasteiger partial charge is 0.306 e. The number of carbonyl (C=O) groups is 2. The Kier molecular flexibility index (Phi) is 12.3. The Labute approximate surface area is 151 Å². The molecule has 4 nitrogen and oxygen atoms in total. The van der Waals surface area contributed by atoms with E-state index in [1.807, 2.05) is 30.3 Å². The average Bonchev–Trinajstić information content (AvgIpc) is 2.64. The molecule has 25 heavy (non-hydrogen) atoms. The molecule has 1 aromatic carbocycles. The molecule has 0 N–H and O–H groups in total. The topological polar surface area (TPSA) is 52.6 Å². The van der Waals surface area contributed by atoms with Crippen molar-refractivity contribution in [3.05, 3.63) is 35.9 Å². The number of unbranched alkanes of at least 4 members (excludes halogenated alkanes) is 7. The molecule has 0 spiro atoms. The van der Waals surface area contributed by atoms with Gasteiger partial charge in [0.25, 0.3) is 0 Å². The molecule has 0 saturated carbocycles. The fourth-order valence-electron chi connectivity index (χ4n) is 2.51. The zero-order valence-corrected chi connectivity index (χ0v) is 15.5. The molecule has 0 atom stereocenters. The zero-order chi connectivity index (χ0) is 18.2. The minimum absolute atomic E-state index is 0.0725. The molecule has 0 aliphatic heterocycles. The van der Waals surface area contributed by atoms with Crippen LogP contribution in [0.3, 0.4) is 0 Å². The maximum Gasteiger partial charge on any atom is 0.306 e. The molecule has 4 heteroatoms. The lowest BCUT2D eigenvalue weighted by molar-refractivity contribution is -0.151. The molecule has 0 unspecified atom stereocenters. The van der Waals surface area contributed by atoms with E-state index in [0.29, 0.717) is 6.61 Å². The fourth-order valence-corrected chi connectivity index (χ4v) is 2.51. The number of rotatable bonds is 14. The SMILES string of the molecule is CCCCCCCCCCOC(=O)CCC(=O)OCc1ccccc1. The van der Waals surface area contributed by atoms with E-state index in [9.17, 15) is 9.59 Å². The lowest BCUT2D eigenvalue weighted by Gasteiger charge is -2.06. The van der Waals surface area contributed by atoms with E-state index in [2.05, 4.69) is 6.92 Å². The molecule has 1 aromatic rings. The van der Waals surface area contributed by atoms with Crippen LogP contribution in [0.5, 0.6) is 0 Å². The van der Waals surface area contributed by atoms with Gasteiger partial charge in [-0.1, -0.05) is 82.2 Å². The highest BCUT2D eigenvalue weighted by molar-refractivity contribution is 5.77. The van der Waals surface area contributed by atoms with Crippen molar-refractivity contribution >= 4 is 11.9 Å². The van der Waals surface area contributed by atoms with Crippen LogP contribution in [0.15, 0.2) is 30.3 Å². The number of carbonyl (C=O) groups excluding carboxylic acids is 2. The van der Waals surface area contributed by atoms with Crippen molar-refractivity contribution in [2.24, 2.45) is 0 Å². The first kappa shape index (κ1) is 21.2. The van der Waals surface area contributed by atoms with Gasteiger partial charge in [-0.2, -0.15) is 0 Å². The van der Waals surface area contributed by atoms with Gasteiger partial charge in [-0.15, -0.1) is 0 Å². The lowest BCUT2D eigenvalue weighted by Crippen LogP contribution is -2.11. The Morgan fingerprint density at radius 1 is 0.760 bits per heavy atom. The molecule has 0 fully saturated rings. The van der Waals surface area contributed by atoms with E-state index in [-0.39, 0.29) is 31.4 Å². The molecule has 140 valence electrons. The van der Waals surface area contributed by atoms with Crippen molar-refractivity contribution in [3.63, 3.8) is 0 Å². The molecule has 0 saturated heterocycles. The number of esters is 2. The number of hydrogen-bond donors (Lipinski definition) is 0. The second-order valence-corrected chi connectivity index (χ2v) is 6.34. The van der Waals surface area contributed by atoms with Gasteiger partial charge in [0.15, 0.2) is 0 Å². The third-order valence-electron chi connectivity index (χ3n) is 4.04. The Morgan fingerprint density at radius 3 is 1.96 bits per heavy atom. The van der Waals surface area contributed by atoms with E-state index in [1.165, 1.54) is 38.5 Å². The highest BCUT2D eigenvalue weighted by Gasteiger charge is 2.09. The summed E-state index contributed by atoms with van der Waals surface area (Å²) < 4.78 is 10.3. The third kappa shape index (κ3) is 12.2. The summed E-state index contributed by atoms with van der Waals surface area (Å²) in [5.74, 6) is -0.688. The van der Waals surface area contributed by atoms with Crippen LogP contribution in [0.25, 0.3) is 0 Å². The predicted octanol–water partition coefficient (Wildman–Crippen LogP) is 5.19. The van der Waals surface area contributed by atoms with Crippen molar-refractivity contribution in [2.75, 3.05) is 6.61 Å². The number of hydrogen-bond acceptors (Lipinski definition) is 4. The Hall–Kier alpha value is -1.84. The maximum absolute atomic E-state index is 11.6. The molecule has 1 rings (SSSR count). The van der Waals surface area contributed by atoms with Crippen molar-refractivity contribution in [1.82, 2.24) is 0 Å². The maximum atomic E-state index is 11.6. The Balaban J connectivity index is 1.93. The normalized spacial score (nSPS) is 10.4. The van der Waals surface area contributed by atoms with Gasteiger partial charge >= 0.3 is 11.9 Å². The third-order valence-corrected chi connectivity index (χ3v) is 4.04. The molecule has 0 radical (unpaired) electrons. The van der Waals surface area contributed by atoms with Gasteiger partial charge < -0.3 is 9.47 Å². The fraction of sp³-hybridized carbons (Fsp3) is 0.619. The summed E-state index contributed by atoms with van der Waals surface area (Å²) in [6.07, 6.45) is 9.85. The summed E-state index contributed by atoms with van der Waals surface area (Å²) in [7, 11) is 0. The molecule has 0 aliphatic rings. The first-order valence-electron chi connectivity index (χ1n) is 9.57. The monoisotopic (exact) mass is 348 g/mol. The second-order valence-electron chi connectivity index (χ2n) is 6.34. The van der Waals surface area contributed by atoms with Crippen molar-refractivity contribution in [3.8, 4) is 0 Å². The van der Waals surface area contributed by atoms with E-state index >= 15 is 0 Å². The molecule has 0 amide bonds. The second kappa shape index (κ2) is 14.5. The van der Waals surface area contributed by atoms with Crippen LogP contribution >= 0.6 is 0 Å². The van der Waals surface area contributed by atoms with Crippen LogP contribution in [0.4, 0.5) is 0 Å². The highest BCUT2D eigenvalue weighted by Crippen LogP contribution is 2.09. The standard InChI is InChI=1S/C21H32O4/c1-2-3-4-5-6-7-8-12-17-24-20(22)15-16-21(23)25-18-19-13-10-9-11-14-19/h9-11,13-14H,2-8,12,15-18H2,1H3. The predicted molar refractivity (Wildman–Crippen MR) is 99.0 cm³/mol. The molecule has 0 bridgehead atoms. The van der Waals surface area contributed by atoms with Crippen molar-refractivity contribution < 1.29 is 19.1 Å². The van der Waals surface area contributed by atoms with E-state index in [1.54, 1.807) is 0 Å². The van der Waals surface area contributed by atoms with Gasteiger partial charge in [-0.05, 0) is 12.0 Å². The van der Waals surface area contributed by atoms with Crippen LogP contribution in [0.2, 0.25) is 0 Å². The molecular weight excluding hydrogens is 316 g/mol. The van der Waals surface area contributed by atoms with Gasteiger partial charge in [-0.25, -0.2) is 0 Å². The zero-order valence-electron chi connectivity index (χ0n) is 15.5. The number of benzene rings is 1. The first-order valence-corrected chi connectivity index (χ1v) is 9.57. The van der Waals surface area contributed by atoms with Crippen LogP contribution in [0.1, 0.15) is 76.7 Å². The highest BCUT2D eigenvalue weighted by atomic mass is 16.5. The molecule has 0 aromatic heterocycles. The van der Waals surface area contributed by atoms with Gasteiger partial charge in [-0.3, -0.25) is 9.59 Å². The summed E-state index contributed by atoms with van der Waals surface area (Å²) in [6, 6.07) is 9.49. The molecule has 0 aliphatic carbocycles. The molecule has 0 heterocycles. The number of ether oxygens (including phenoxy) is 2. The largest absolute Gasteiger partial charge is 0.466 e. The lowest BCUT2D eigenvalue weighted by atomic mass is 10.1. The minimum atomic E-state index is -0.368. The Bertz CT molecular complexity index is 470. The van der Waals surface area contributed by atoms with Gasteiger partial charge in [0, 0.05) is 0 Å². The van der Waals surface area contributed by atoms with Crippen molar-refractivity contribution in [2.45, 2.75) is 77.7 Å². The minimum Gasteiger partial charge on any atom is -0.466 e. The van der Waals surface area contributed by atoms with Crippen LogP contribution in [0, 0.1) is 0 Å². The van der Waals surface area contributed by atoms with E-state index in [0.717, 1.165) is 18.4 Å². The molecular formula is C21H32O4. The summed E-state index contributed by atoms with van der Waals surface area (Å²) in [5, 5.41) is 0. The van der Waals surface area contributed by atoms with Crippen LogP contribution in [-0.2, 0) is 25.7 Å². The van der Waals surface area contributed by atoms with Crippen LogP contribution < -0.4 is 0 Å². The Morgan fingerprint density at radius 2 is 1.32 bits per heavy atom. The van der Waals surface area contributed by atoms with Gasteiger partial charge in [0.05, 0.1) is 19.4 Å². The van der Waals surface area contributed by atoms with Gasteiger partial charge in [0.1, 0.15) is 6.61 Å².